The fourth-order valence-electron chi connectivity index (χ4n) is 1.71. The van der Waals surface area contributed by atoms with Crippen LogP contribution in [-0.2, 0) is 9.47 Å². The average Bonchev–Trinajstić information content (AvgIpc) is 2.83. The quantitative estimate of drug-likeness (QED) is 0.665. The normalized spacial score (nSPS) is 11.1. The molecule has 2 aromatic rings. The van der Waals surface area contributed by atoms with Crippen LogP contribution in [-0.4, -0.2) is 23.8 Å². The molecular formula is C12H14FN3O2. The van der Waals surface area contributed by atoms with Crippen LogP contribution in [0, 0.1) is 5.82 Å². The van der Waals surface area contributed by atoms with Gasteiger partial charge in [0.15, 0.2) is 0 Å². The molecule has 2 rings (SSSR count). The molecule has 2 N–H and O–H groups in total. The fourth-order valence-corrected chi connectivity index (χ4v) is 1.71. The van der Waals surface area contributed by atoms with Crippen molar-refractivity contribution in [3.8, 4) is 5.69 Å². The first-order valence-electron chi connectivity index (χ1n) is 5.30. The van der Waals surface area contributed by atoms with Crippen LogP contribution in [0.5, 0.6) is 0 Å². The van der Waals surface area contributed by atoms with Crippen LogP contribution in [0.1, 0.15) is 12.0 Å². The van der Waals surface area contributed by atoms with Gasteiger partial charge in [-0.2, -0.15) is 0 Å². The van der Waals surface area contributed by atoms with E-state index in [2.05, 4.69) is 4.98 Å². The van der Waals surface area contributed by atoms with E-state index in [4.69, 9.17) is 15.2 Å². The van der Waals surface area contributed by atoms with Crippen LogP contribution in [0.2, 0.25) is 0 Å². The molecule has 1 heterocycles. The second kappa shape index (κ2) is 5.16. The lowest BCUT2D eigenvalue weighted by molar-refractivity contribution is -0.109. The number of halogens is 1. The molecule has 0 unspecified atom stereocenters. The molecule has 0 bridgehead atoms. The van der Waals surface area contributed by atoms with Crippen LogP contribution in [0.15, 0.2) is 30.7 Å². The van der Waals surface area contributed by atoms with E-state index >= 15 is 0 Å². The molecule has 0 radical (unpaired) electrons. The minimum atomic E-state index is -0.543. The van der Waals surface area contributed by atoms with Crippen molar-refractivity contribution in [2.45, 2.75) is 6.29 Å². The largest absolute Gasteiger partial charge is 0.396 e. The highest BCUT2D eigenvalue weighted by atomic mass is 19.1. The van der Waals surface area contributed by atoms with Crippen LogP contribution in [0.25, 0.3) is 5.69 Å². The summed E-state index contributed by atoms with van der Waals surface area (Å²) < 4.78 is 25.2. The number of benzene rings is 1. The van der Waals surface area contributed by atoms with Crippen molar-refractivity contribution >= 4 is 5.69 Å². The van der Waals surface area contributed by atoms with E-state index in [0.29, 0.717) is 11.4 Å². The summed E-state index contributed by atoms with van der Waals surface area (Å²) in [5, 5.41) is 0. The van der Waals surface area contributed by atoms with E-state index in [1.807, 2.05) is 0 Å². The average molecular weight is 251 g/mol. The molecule has 18 heavy (non-hydrogen) atoms. The predicted octanol–water partition coefficient (Wildman–Crippen LogP) is 1.89. The van der Waals surface area contributed by atoms with Crippen molar-refractivity contribution in [2.24, 2.45) is 0 Å². The summed E-state index contributed by atoms with van der Waals surface area (Å²) in [5.74, 6) is -0.449. The number of nitrogen functional groups attached to an aromatic ring is 1. The molecule has 0 amide bonds. The molecular weight excluding hydrogens is 237 g/mol. The molecule has 5 nitrogen and oxygen atoms in total. The second-order valence-electron chi connectivity index (χ2n) is 3.70. The van der Waals surface area contributed by atoms with E-state index in [1.54, 1.807) is 23.2 Å². The fraction of sp³-hybridized carbons (Fsp3) is 0.250. The number of ether oxygens (including phenoxy) is 2. The predicted molar refractivity (Wildman–Crippen MR) is 64.7 cm³/mol. The Kier molecular flexibility index (Phi) is 3.59. The SMILES string of the molecule is COC(OC)c1cncn1-c1ccc(F)c(N)c1. The van der Waals surface area contributed by atoms with Gasteiger partial charge >= 0.3 is 0 Å². The van der Waals surface area contributed by atoms with Gasteiger partial charge in [-0.1, -0.05) is 0 Å². The zero-order valence-electron chi connectivity index (χ0n) is 10.1. The molecule has 0 spiro atoms. The summed E-state index contributed by atoms with van der Waals surface area (Å²) in [6.07, 6.45) is 2.67. The maximum atomic E-state index is 13.1. The van der Waals surface area contributed by atoms with Gasteiger partial charge in [-0.3, -0.25) is 4.57 Å². The third-order valence-electron chi connectivity index (χ3n) is 2.59. The van der Waals surface area contributed by atoms with Gasteiger partial charge in [-0.25, -0.2) is 9.37 Å². The summed E-state index contributed by atoms with van der Waals surface area (Å²) in [4.78, 5) is 4.04. The van der Waals surface area contributed by atoms with Crippen LogP contribution in [0.3, 0.4) is 0 Å². The lowest BCUT2D eigenvalue weighted by atomic mass is 10.2. The molecule has 0 atom stereocenters. The number of nitrogens with two attached hydrogens (primary N) is 1. The van der Waals surface area contributed by atoms with Crippen molar-refractivity contribution in [1.82, 2.24) is 9.55 Å². The maximum Gasteiger partial charge on any atom is 0.200 e. The third kappa shape index (κ3) is 2.20. The first-order chi connectivity index (χ1) is 8.67. The van der Waals surface area contributed by atoms with Crippen molar-refractivity contribution in [2.75, 3.05) is 20.0 Å². The maximum absolute atomic E-state index is 13.1. The van der Waals surface area contributed by atoms with Gasteiger partial charge in [0.2, 0.25) is 6.29 Å². The van der Waals surface area contributed by atoms with E-state index < -0.39 is 12.1 Å². The zero-order chi connectivity index (χ0) is 13.1. The van der Waals surface area contributed by atoms with Crippen molar-refractivity contribution in [3.63, 3.8) is 0 Å². The van der Waals surface area contributed by atoms with Gasteiger partial charge in [-0.05, 0) is 18.2 Å². The van der Waals surface area contributed by atoms with Crippen LogP contribution >= 0.6 is 0 Å². The summed E-state index contributed by atoms with van der Waals surface area (Å²) in [6.45, 7) is 0. The number of anilines is 1. The second-order valence-corrected chi connectivity index (χ2v) is 3.70. The van der Waals surface area contributed by atoms with Crippen LogP contribution < -0.4 is 5.73 Å². The number of aromatic nitrogens is 2. The lowest BCUT2D eigenvalue weighted by Crippen LogP contribution is -2.09. The molecule has 0 saturated heterocycles. The minimum absolute atomic E-state index is 0.0820. The molecule has 0 fully saturated rings. The monoisotopic (exact) mass is 251 g/mol. The Morgan fingerprint density at radius 1 is 1.33 bits per heavy atom. The number of hydrogen-bond acceptors (Lipinski definition) is 4. The smallest absolute Gasteiger partial charge is 0.200 e. The van der Waals surface area contributed by atoms with Crippen molar-refractivity contribution < 1.29 is 13.9 Å². The van der Waals surface area contributed by atoms with E-state index in [1.165, 1.54) is 26.4 Å². The topological polar surface area (TPSA) is 62.3 Å². The Bertz CT molecular complexity index is 538. The highest BCUT2D eigenvalue weighted by molar-refractivity contribution is 5.49. The first-order valence-corrected chi connectivity index (χ1v) is 5.30. The third-order valence-corrected chi connectivity index (χ3v) is 2.59. The molecule has 0 aliphatic heterocycles. The Labute approximate surface area is 104 Å². The van der Waals surface area contributed by atoms with Gasteiger partial charge in [0, 0.05) is 19.9 Å². The molecule has 96 valence electrons. The van der Waals surface area contributed by atoms with Crippen molar-refractivity contribution in [1.29, 1.82) is 0 Å². The summed E-state index contributed by atoms with van der Waals surface area (Å²) in [5.41, 5.74) is 7.02. The zero-order valence-corrected chi connectivity index (χ0v) is 10.1. The molecule has 0 aliphatic rings. The first kappa shape index (κ1) is 12.5. The lowest BCUT2D eigenvalue weighted by Gasteiger charge is -2.16. The molecule has 1 aromatic carbocycles. The Balaban J connectivity index is 2.45. The number of imidazole rings is 1. The highest BCUT2D eigenvalue weighted by Crippen LogP contribution is 2.22. The van der Waals surface area contributed by atoms with Gasteiger partial charge in [-0.15, -0.1) is 0 Å². The highest BCUT2D eigenvalue weighted by Gasteiger charge is 2.15. The van der Waals surface area contributed by atoms with Gasteiger partial charge < -0.3 is 15.2 Å². The standard InChI is InChI=1S/C12H14FN3O2/c1-17-12(18-2)11-6-15-7-16(11)8-3-4-9(13)10(14)5-8/h3-7,12H,14H2,1-2H3. The summed E-state index contributed by atoms with van der Waals surface area (Å²) in [7, 11) is 3.06. The molecule has 0 aliphatic carbocycles. The van der Waals surface area contributed by atoms with E-state index in [-0.39, 0.29) is 5.69 Å². The minimum Gasteiger partial charge on any atom is -0.396 e. The Hall–Kier alpha value is -1.92. The number of methoxy groups -OCH3 is 2. The number of hydrogen-bond donors (Lipinski definition) is 1. The van der Waals surface area contributed by atoms with Crippen molar-refractivity contribution in [3.05, 3.63) is 42.2 Å². The van der Waals surface area contributed by atoms with E-state index in [0.717, 1.165) is 0 Å². The van der Waals surface area contributed by atoms with Gasteiger partial charge in [0.1, 0.15) is 5.82 Å². The Morgan fingerprint density at radius 3 is 2.67 bits per heavy atom. The number of nitrogens with zero attached hydrogens (tertiary/aromatic N) is 2. The summed E-state index contributed by atoms with van der Waals surface area (Å²) in [6, 6.07) is 4.45. The van der Waals surface area contributed by atoms with Gasteiger partial charge in [0.05, 0.1) is 23.9 Å². The molecule has 1 aromatic heterocycles. The molecule has 0 saturated carbocycles. The molecule has 6 heteroatoms. The number of rotatable bonds is 4. The summed E-state index contributed by atoms with van der Waals surface area (Å²) >= 11 is 0. The van der Waals surface area contributed by atoms with Gasteiger partial charge in [0.25, 0.3) is 0 Å². The van der Waals surface area contributed by atoms with Crippen LogP contribution in [0.4, 0.5) is 10.1 Å². The Morgan fingerprint density at radius 2 is 2.06 bits per heavy atom. The van der Waals surface area contributed by atoms with E-state index in [9.17, 15) is 4.39 Å².